The minimum absolute atomic E-state index is 0.0561. The van der Waals surface area contributed by atoms with Crippen molar-refractivity contribution in [1.82, 2.24) is 4.90 Å². The second-order valence-corrected chi connectivity index (χ2v) is 5.30. The molecular formula is C12H22N2O3. The molecule has 1 fully saturated rings. The highest BCUT2D eigenvalue weighted by molar-refractivity contribution is 5.76. The highest BCUT2D eigenvalue weighted by Crippen LogP contribution is 2.25. The molecule has 0 aromatic carbocycles. The van der Waals surface area contributed by atoms with Crippen molar-refractivity contribution in [3.8, 4) is 0 Å². The van der Waals surface area contributed by atoms with Gasteiger partial charge in [-0.25, -0.2) is 4.79 Å². The fourth-order valence-electron chi connectivity index (χ4n) is 1.92. The molecule has 0 saturated carbocycles. The van der Waals surface area contributed by atoms with Crippen LogP contribution in [0.2, 0.25) is 0 Å². The van der Waals surface area contributed by atoms with Crippen LogP contribution in [-0.4, -0.2) is 42.2 Å². The number of carbonyl (C=O) groups is 1. The van der Waals surface area contributed by atoms with E-state index in [1.807, 2.05) is 20.8 Å². The first-order chi connectivity index (χ1) is 7.74. The number of ether oxygens (including phenoxy) is 2. The molecule has 0 amide bonds. The summed E-state index contributed by atoms with van der Waals surface area (Å²) in [4.78, 5) is 13.4. The summed E-state index contributed by atoms with van der Waals surface area (Å²) in [6.45, 7) is 10.2. The summed E-state index contributed by atoms with van der Waals surface area (Å²) in [6, 6.07) is -0.440. The lowest BCUT2D eigenvalue weighted by molar-refractivity contribution is -0.146. The Kier molecular flexibility index (Phi) is 4.03. The molecule has 0 spiro atoms. The van der Waals surface area contributed by atoms with E-state index in [0.29, 0.717) is 18.8 Å². The van der Waals surface area contributed by atoms with Crippen molar-refractivity contribution < 1.29 is 14.3 Å². The first-order valence-corrected chi connectivity index (χ1v) is 5.72. The van der Waals surface area contributed by atoms with Crippen LogP contribution < -0.4 is 5.73 Å². The van der Waals surface area contributed by atoms with Gasteiger partial charge in [-0.3, -0.25) is 0 Å². The topological polar surface area (TPSA) is 64.8 Å². The Balaban J connectivity index is 2.73. The molecule has 1 rings (SSSR count). The number of esters is 1. The molecule has 1 saturated heterocycles. The molecule has 0 aromatic rings. The second-order valence-electron chi connectivity index (χ2n) is 5.30. The van der Waals surface area contributed by atoms with Gasteiger partial charge in [0, 0.05) is 12.6 Å². The van der Waals surface area contributed by atoms with E-state index in [2.05, 4.69) is 6.58 Å². The molecule has 5 heteroatoms. The van der Waals surface area contributed by atoms with Crippen LogP contribution in [0.3, 0.4) is 0 Å². The summed E-state index contributed by atoms with van der Waals surface area (Å²) >= 11 is 0. The number of nitrogens with zero attached hydrogens (tertiary/aromatic N) is 1. The van der Waals surface area contributed by atoms with Crippen LogP contribution in [0.4, 0.5) is 0 Å². The van der Waals surface area contributed by atoms with Crippen molar-refractivity contribution in [1.29, 1.82) is 0 Å². The van der Waals surface area contributed by atoms with Crippen LogP contribution in [0.25, 0.3) is 0 Å². The fourth-order valence-corrected chi connectivity index (χ4v) is 1.92. The molecule has 1 aliphatic rings. The van der Waals surface area contributed by atoms with E-state index in [0.717, 1.165) is 0 Å². The number of hydrogen-bond donors (Lipinski definition) is 1. The smallest absolute Gasteiger partial charge is 0.328 e. The van der Waals surface area contributed by atoms with E-state index in [1.165, 1.54) is 7.11 Å². The standard InChI is InChI=1S/C12H22N2O3/c1-8(17-12(2,3)4)14-7-9(13)6-10(14)11(15)16-5/h9-10H,1,6-7,13H2,2-5H3/t9-,10-/m1/s1. The number of rotatable bonds is 3. The summed E-state index contributed by atoms with van der Waals surface area (Å²) in [5.74, 6) is 0.178. The van der Waals surface area contributed by atoms with Crippen molar-refractivity contribution in [3.63, 3.8) is 0 Å². The predicted octanol–water partition coefficient (Wildman–Crippen LogP) is 0.847. The Labute approximate surface area is 103 Å². The van der Waals surface area contributed by atoms with Crippen molar-refractivity contribution in [2.24, 2.45) is 5.73 Å². The highest BCUT2D eigenvalue weighted by Gasteiger charge is 2.38. The zero-order chi connectivity index (χ0) is 13.2. The van der Waals surface area contributed by atoms with Gasteiger partial charge in [0.15, 0.2) is 5.88 Å². The Hall–Kier alpha value is -1.23. The first-order valence-electron chi connectivity index (χ1n) is 5.72. The molecule has 0 aromatic heterocycles. The lowest BCUT2D eigenvalue weighted by atomic mass is 10.2. The molecule has 17 heavy (non-hydrogen) atoms. The summed E-state index contributed by atoms with van der Waals surface area (Å²) in [5, 5.41) is 0. The minimum atomic E-state index is -0.384. The minimum Gasteiger partial charge on any atom is -0.474 e. The number of nitrogens with two attached hydrogens (primary N) is 1. The fraction of sp³-hybridized carbons (Fsp3) is 0.750. The Morgan fingerprint density at radius 3 is 2.53 bits per heavy atom. The maximum absolute atomic E-state index is 11.6. The van der Waals surface area contributed by atoms with Gasteiger partial charge in [-0.2, -0.15) is 0 Å². The van der Waals surface area contributed by atoms with Crippen LogP contribution in [0.5, 0.6) is 0 Å². The maximum atomic E-state index is 11.6. The van der Waals surface area contributed by atoms with Gasteiger partial charge in [0.25, 0.3) is 0 Å². The van der Waals surface area contributed by atoms with E-state index in [9.17, 15) is 4.79 Å². The van der Waals surface area contributed by atoms with Gasteiger partial charge < -0.3 is 20.1 Å². The Morgan fingerprint density at radius 1 is 1.47 bits per heavy atom. The van der Waals surface area contributed by atoms with Crippen molar-refractivity contribution in [2.75, 3.05) is 13.7 Å². The van der Waals surface area contributed by atoms with E-state index in [-0.39, 0.29) is 23.7 Å². The highest BCUT2D eigenvalue weighted by atomic mass is 16.5. The van der Waals surface area contributed by atoms with Gasteiger partial charge in [-0.1, -0.05) is 0 Å². The van der Waals surface area contributed by atoms with Gasteiger partial charge in [-0.15, -0.1) is 0 Å². The molecule has 0 radical (unpaired) electrons. The van der Waals surface area contributed by atoms with Crippen molar-refractivity contribution in [3.05, 3.63) is 12.5 Å². The zero-order valence-corrected chi connectivity index (χ0v) is 11.0. The molecule has 1 heterocycles. The Morgan fingerprint density at radius 2 is 2.06 bits per heavy atom. The molecule has 2 N–H and O–H groups in total. The summed E-state index contributed by atoms with van der Waals surface area (Å²) in [6.07, 6.45) is 0.569. The number of hydrogen-bond acceptors (Lipinski definition) is 5. The SMILES string of the molecule is C=C(OC(C)(C)C)N1C[C@H](N)C[C@@H]1C(=O)OC. The van der Waals surface area contributed by atoms with Gasteiger partial charge in [0.1, 0.15) is 11.6 Å². The average molecular weight is 242 g/mol. The molecular weight excluding hydrogens is 220 g/mol. The lowest BCUT2D eigenvalue weighted by Crippen LogP contribution is -2.38. The lowest BCUT2D eigenvalue weighted by Gasteiger charge is -2.31. The van der Waals surface area contributed by atoms with E-state index >= 15 is 0 Å². The second kappa shape index (κ2) is 4.96. The van der Waals surface area contributed by atoms with E-state index in [4.69, 9.17) is 15.2 Å². The monoisotopic (exact) mass is 242 g/mol. The molecule has 0 bridgehead atoms. The molecule has 0 aliphatic carbocycles. The predicted molar refractivity (Wildman–Crippen MR) is 65.1 cm³/mol. The summed E-state index contributed by atoms with van der Waals surface area (Å²) < 4.78 is 10.4. The van der Waals surface area contributed by atoms with Gasteiger partial charge in [0.2, 0.25) is 0 Å². The number of likely N-dealkylation sites (tertiary alicyclic amines) is 1. The first kappa shape index (κ1) is 13.8. The Bertz CT molecular complexity index is 309. The quantitative estimate of drug-likeness (QED) is 0.587. The van der Waals surface area contributed by atoms with Gasteiger partial charge in [0.05, 0.1) is 7.11 Å². The van der Waals surface area contributed by atoms with Crippen LogP contribution in [-0.2, 0) is 14.3 Å². The van der Waals surface area contributed by atoms with Gasteiger partial charge in [-0.05, 0) is 33.8 Å². The third-order valence-corrected chi connectivity index (χ3v) is 2.55. The van der Waals surface area contributed by atoms with Crippen LogP contribution in [0, 0.1) is 0 Å². The molecule has 1 aliphatic heterocycles. The maximum Gasteiger partial charge on any atom is 0.328 e. The van der Waals surface area contributed by atoms with Crippen LogP contribution in [0.15, 0.2) is 12.5 Å². The third-order valence-electron chi connectivity index (χ3n) is 2.55. The molecule has 0 unspecified atom stereocenters. The van der Waals surface area contributed by atoms with Crippen molar-refractivity contribution >= 4 is 5.97 Å². The zero-order valence-electron chi connectivity index (χ0n) is 11.0. The van der Waals surface area contributed by atoms with Crippen molar-refractivity contribution in [2.45, 2.75) is 44.9 Å². The van der Waals surface area contributed by atoms with E-state index in [1.54, 1.807) is 4.90 Å². The average Bonchev–Trinajstić information content (AvgIpc) is 2.56. The largest absolute Gasteiger partial charge is 0.474 e. The normalized spacial score (nSPS) is 24.6. The molecule has 98 valence electrons. The van der Waals surface area contributed by atoms with E-state index < -0.39 is 0 Å². The summed E-state index contributed by atoms with van der Waals surface area (Å²) in [7, 11) is 1.37. The molecule has 2 atom stereocenters. The molecule has 5 nitrogen and oxygen atoms in total. The number of carbonyl (C=O) groups excluding carboxylic acids is 1. The third kappa shape index (κ3) is 3.63. The summed E-state index contributed by atoms with van der Waals surface area (Å²) in [5.41, 5.74) is 5.52. The van der Waals surface area contributed by atoms with Crippen LogP contribution >= 0.6 is 0 Å². The van der Waals surface area contributed by atoms with Gasteiger partial charge >= 0.3 is 5.97 Å². The number of methoxy groups -OCH3 is 1. The van der Waals surface area contributed by atoms with Crippen LogP contribution in [0.1, 0.15) is 27.2 Å².